The summed E-state index contributed by atoms with van der Waals surface area (Å²) >= 11 is 0. The minimum atomic E-state index is 0.00287. The summed E-state index contributed by atoms with van der Waals surface area (Å²) in [6, 6.07) is 9.23. The lowest BCUT2D eigenvalue weighted by Gasteiger charge is -1.87. The molecule has 1 aromatic carbocycles. The Balaban J connectivity index is 2.71. The second kappa shape index (κ2) is 2.92. The average Bonchev–Trinajstić information content (AvgIpc) is 2.69. The summed E-state index contributed by atoms with van der Waals surface area (Å²) in [4.78, 5) is 19.2. The lowest BCUT2D eigenvalue weighted by molar-refractivity contribution is 1.41. The van der Waals surface area contributed by atoms with Gasteiger partial charge in [-0.2, -0.15) is 0 Å². The van der Waals surface area contributed by atoms with Gasteiger partial charge in [0, 0.05) is 23.2 Å². The molecular formula is C12H8N2O. The normalized spacial score (nSPS) is 10.9. The highest BCUT2D eigenvalue weighted by Crippen LogP contribution is 2.11. The summed E-state index contributed by atoms with van der Waals surface area (Å²) in [6.45, 7) is 0. The van der Waals surface area contributed by atoms with Gasteiger partial charge in [-0.25, -0.2) is 0 Å². The maximum Gasteiger partial charge on any atom is 0.211 e. The summed E-state index contributed by atoms with van der Waals surface area (Å²) in [5, 5.41) is 1.56. The summed E-state index contributed by atoms with van der Waals surface area (Å²) in [5.74, 6) is 0. The number of aromatic amines is 1. The van der Waals surface area contributed by atoms with Crippen LogP contribution < -0.4 is 5.43 Å². The summed E-state index contributed by atoms with van der Waals surface area (Å²) in [5.41, 5.74) is 1.37. The molecule has 3 nitrogen and oxygen atoms in total. The van der Waals surface area contributed by atoms with Crippen LogP contribution in [0.4, 0.5) is 0 Å². The van der Waals surface area contributed by atoms with Crippen LogP contribution in [0.15, 0.2) is 47.5 Å². The van der Waals surface area contributed by atoms with Crippen LogP contribution in [0, 0.1) is 0 Å². The molecule has 3 heteroatoms. The quantitative estimate of drug-likeness (QED) is 0.598. The van der Waals surface area contributed by atoms with Crippen molar-refractivity contribution in [1.82, 2.24) is 9.97 Å². The Morgan fingerprint density at radius 2 is 2.07 bits per heavy atom. The van der Waals surface area contributed by atoms with Crippen molar-refractivity contribution in [3.63, 3.8) is 0 Å². The maximum atomic E-state index is 12.1. The van der Waals surface area contributed by atoms with Crippen molar-refractivity contribution in [3.8, 4) is 0 Å². The molecule has 0 aliphatic heterocycles. The Kier molecular flexibility index (Phi) is 1.59. The topological polar surface area (TPSA) is 45.8 Å². The second-order valence-electron chi connectivity index (χ2n) is 3.41. The van der Waals surface area contributed by atoms with Crippen molar-refractivity contribution in [3.05, 3.63) is 52.9 Å². The first-order chi connectivity index (χ1) is 7.36. The lowest BCUT2D eigenvalue weighted by Crippen LogP contribution is -1.98. The van der Waals surface area contributed by atoms with Crippen molar-refractivity contribution >= 4 is 21.8 Å². The summed E-state index contributed by atoms with van der Waals surface area (Å²) in [7, 11) is 0. The van der Waals surface area contributed by atoms with Gasteiger partial charge in [-0.15, -0.1) is 0 Å². The Bertz CT molecular complexity index is 700. The number of rotatable bonds is 0. The third-order valence-corrected chi connectivity index (χ3v) is 2.51. The molecule has 0 atom stereocenters. The van der Waals surface area contributed by atoms with E-state index in [1.807, 2.05) is 18.2 Å². The molecule has 0 bridgehead atoms. The minimum Gasteiger partial charge on any atom is -0.358 e. The van der Waals surface area contributed by atoms with E-state index in [-0.39, 0.29) is 5.43 Å². The van der Waals surface area contributed by atoms with Crippen molar-refractivity contribution in [2.45, 2.75) is 0 Å². The molecule has 0 amide bonds. The predicted octanol–water partition coefficient (Wildman–Crippen LogP) is 2.08. The first-order valence-electron chi connectivity index (χ1n) is 4.71. The molecular weight excluding hydrogens is 188 g/mol. The van der Waals surface area contributed by atoms with E-state index in [2.05, 4.69) is 9.97 Å². The molecule has 2 heterocycles. The first-order valence-corrected chi connectivity index (χ1v) is 4.71. The van der Waals surface area contributed by atoms with Crippen LogP contribution in [-0.4, -0.2) is 9.97 Å². The first kappa shape index (κ1) is 8.17. The number of pyridine rings is 1. The Hall–Kier alpha value is -2.16. The van der Waals surface area contributed by atoms with E-state index in [1.54, 1.807) is 24.5 Å². The molecule has 15 heavy (non-hydrogen) atoms. The fraction of sp³-hybridized carbons (Fsp3) is 0. The number of fused-ring (bicyclic) bond motifs is 2. The van der Waals surface area contributed by atoms with Gasteiger partial charge in [0.05, 0.1) is 11.0 Å². The highest BCUT2D eigenvalue weighted by atomic mass is 16.1. The van der Waals surface area contributed by atoms with E-state index in [0.29, 0.717) is 10.9 Å². The Morgan fingerprint density at radius 1 is 1.13 bits per heavy atom. The number of nitrogens with zero attached hydrogens (tertiary/aromatic N) is 1. The van der Waals surface area contributed by atoms with E-state index in [4.69, 9.17) is 0 Å². The van der Waals surface area contributed by atoms with E-state index in [1.165, 1.54) is 0 Å². The molecule has 0 radical (unpaired) electrons. The summed E-state index contributed by atoms with van der Waals surface area (Å²) < 4.78 is 0. The van der Waals surface area contributed by atoms with Crippen LogP contribution >= 0.6 is 0 Å². The molecule has 0 saturated carbocycles. The molecule has 0 saturated heterocycles. The van der Waals surface area contributed by atoms with E-state index in [0.717, 1.165) is 10.9 Å². The zero-order valence-corrected chi connectivity index (χ0v) is 7.90. The zero-order valence-electron chi connectivity index (χ0n) is 7.90. The van der Waals surface area contributed by atoms with Crippen molar-refractivity contribution < 1.29 is 0 Å². The Labute approximate surface area is 85.4 Å². The average molecular weight is 196 g/mol. The molecule has 0 unspecified atom stereocenters. The largest absolute Gasteiger partial charge is 0.358 e. The molecule has 2 aromatic heterocycles. The van der Waals surface area contributed by atoms with Crippen molar-refractivity contribution in [2.24, 2.45) is 0 Å². The number of aromatic nitrogens is 2. The maximum absolute atomic E-state index is 12.1. The minimum absolute atomic E-state index is 0.00287. The van der Waals surface area contributed by atoms with E-state index >= 15 is 0 Å². The van der Waals surface area contributed by atoms with Gasteiger partial charge in [-0.3, -0.25) is 9.78 Å². The van der Waals surface area contributed by atoms with Crippen molar-refractivity contribution in [1.29, 1.82) is 0 Å². The van der Waals surface area contributed by atoms with Gasteiger partial charge in [0.15, 0.2) is 0 Å². The van der Waals surface area contributed by atoms with Crippen LogP contribution in [-0.2, 0) is 0 Å². The molecule has 0 aliphatic carbocycles. The lowest BCUT2D eigenvalue weighted by atomic mass is 10.2. The number of hydrogen-bond donors (Lipinski definition) is 1. The van der Waals surface area contributed by atoms with E-state index in [9.17, 15) is 4.79 Å². The Morgan fingerprint density at radius 3 is 3.00 bits per heavy atom. The predicted molar refractivity (Wildman–Crippen MR) is 59.9 cm³/mol. The van der Waals surface area contributed by atoms with Crippen LogP contribution in [0.1, 0.15) is 0 Å². The SMILES string of the molecule is O=c1c2cccnc2ccc2cc[nH]c12. The van der Waals surface area contributed by atoms with E-state index < -0.39 is 0 Å². The molecule has 1 N–H and O–H groups in total. The number of H-pyrrole nitrogens is 1. The van der Waals surface area contributed by atoms with Crippen LogP contribution in [0.25, 0.3) is 21.8 Å². The third-order valence-electron chi connectivity index (χ3n) is 2.51. The molecule has 3 rings (SSSR count). The van der Waals surface area contributed by atoms with Crippen LogP contribution in [0.5, 0.6) is 0 Å². The smallest absolute Gasteiger partial charge is 0.211 e. The molecule has 72 valence electrons. The van der Waals surface area contributed by atoms with Crippen LogP contribution in [0.2, 0.25) is 0 Å². The fourth-order valence-corrected chi connectivity index (χ4v) is 1.76. The van der Waals surface area contributed by atoms with Gasteiger partial charge >= 0.3 is 0 Å². The molecule has 0 fully saturated rings. The standard InChI is InChI=1S/C12H8N2O/c15-12-9-2-1-6-13-10(9)4-3-8-5-7-14-11(8)12/h1-7,14H. The highest BCUT2D eigenvalue weighted by molar-refractivity contribution is 5.89. The third kappa shape index (κ3) is 1.13. The zero-order chi connectivity index (χ0) is 10.3. The van der Waals surface area contributed by atoms with Gasteiger partial charge in [-0.05, 0) is 24.3 Å². The van der Waals surface area contributed by atoms with Crippen molar-refractivity contribution in [2.75, 3.05) is 0 Å². The van der Waals surface area contributed by atoms with Gasteiger partial charge in [-0.1, -0.05) is 6.07 Å². The van der Waals surface area contributed by atoms with Gasteiger partial charge in [0.1, 0.15) is 0 Å². The summed E-state index contributed by atoms with van der Waals surface area (Å²) in [6.07, 6.45) is 3.46. The van der Waals surface area contributed by atoms with Gasteiger partial charge < -0.3 is 4.98 Å². The molecule has 0 spiro atoms. The van der Waals surface area contributed by atoms with Gasteiger partial charge in [0.2, 0.25) is 5.43 Å². The van der Waals surface area contributed by atoms with Crippen LogP contribution in [0.3, 0.4) is 0 Å². The molecule has 3 aromatic rings. The van der Waals surface area contributed by atoms with Gasteiger partial charge in [0.25, 0.3) is 0 Å². The monoisotopic (exact) mass is 196 g/mol. The second-order valence-corrected chi connectivity index (χ2v) is 3.41. The number of nitrogens with one attached hydrogen (secondary N) is 1. The highest BCUT2D eigenvalue weighted by Gasteiger charge is 2.02. The molecule has 0 aliphatic rings. The fourth-order valence-electron chi connectivity index (χ4n) is 1.76. The number of hydrogen-bond acceptors (Lipinski definition) is 2.